The van der Waals surface area contributed by atoms with Gasteiger partial charge in [0.05, 0.1) is 6.61 Å². The van der Waals surface area contributed by atoms with Gasteiger partial charge in [-0.3, -0.25) is 23.4 Å². The van der Waals surface area contributed by atoms with Crippen LogP contribution in [-0.2, 0) is 53.7 Å². The first-order valence-corrected chi connectivity index (χ1v) is 15.4. The molecule has 0 aromatic heterocycles. The molecule has 4 rings (SSSR count). The van der Waals surface area contributed by atoms with Crippen molar-refractivity contribution >= 4 is 51.9 Å². The van der Waals surface area contributed by atoms with Crippen molar-refractivity contribution in [3.63, 3.8) is 0 Å². The summed E-state index contributed by atoms with van der Waals surface area (Å²) in [6.45, 7) is 5.00. The molecule has 2 unspecified atom stereocenters. The molecular weight excluding hydrogens is 611 g/mol. The number of rotatable bonds is 9. The van der Waals surface area contributed by atoms with Crippen LogP contribution in [0.1, 0.15) is 51.3 Å². The van der Waals surface area contributed by atoms with Crippen LogP contribution in [0.2, 0.25) is 0 Å². The fourth-order valence-electron chi connectivity index (χ4n) is 5.52. The van der Waals surface area contributed by atoms with E-state index in [-0.39, 0.29) is 5.76 Å². The van der Waals surface area contributed by atoms with Crippen LogP contribution < -0.4 is 0 Å². The second kappa shape index (κ2) is 13.4. The van der Waals surface area contributed by atoms with Crippen molar-refractivity contribution < 1.29 is 56.6 Å². The summed E-state index contributed by atoms with van der Waals surface area (Å²) in [7, 11) is -1.17. The highest BCUT2D eigenvalue weighted by molar-refractivity contribution is 7.84. The quantitative estimate of drug-likeness (QED) is 0.316. The lowest BCUT2D eigenvalue weighted by molar-refractivity contribution is -0.316. The van der Waals surface area contributed by atoms with Crippen LogP contribution in [0.15, 0.2) is 52.9 Å². The predicted octanol–water partition coefficient (Wildman–Crippen LogP) is 3.34. The molecule has 1 aliphatic heterocycles. The highest BCUT2D eigenvalue weighted by Gasteiger charge is 2.67. The van der Waals surface area contributed by atoms with Crippen molar-refractivity contribution in [2.24, 2.45) is 0 Å². The van der Waals surface area contributed by atoms with Crippen molar-refractivity contribution in [2.75, 3.05) is 12.9 Å². The number of aliphatic hydroxyl groups is 1. The largest absolute Gasteiger partial charge is 0.460 e. The molecule has 0 radical (unpaired) electrons. The predicted molar refractivity (Wildman–Crippen MR) is 159 cm³/mol. The summed E-state index contributed by atoms with van der Waals surface area (Å²) in [6, 6.07) is 11.1. The lowest BCUT2D eigenvalue weighted by Gasteiger charge is -2.50. The summed E-state index contributed by atoms with van der Waals surface area (Å²) in [5, 5.41) is 10.3. The van der Waals surface area contributed by atoms with E-state index in [9.17, 15) is 32.9 Å². The highest BCUT2D eigenvalue weighted by Crippen LogP contribution is 2.46. The van der Waals surface area contributed by atoms with E-state index in [1.165, 1.54) is 12.1 Å². The van der Waals surface area contributed by atoms with E-state index in [0.29, 0.717) is 27.2 Å². The van der Waals surface area contributed by atoms with E-state index in [1.807, 2.05) is 6.08 Å². The molecular formula is C32H33FO11S. The molecule has 1 aliphatic carbocycles. The zero-order chi connectivity index (χ0) is 33.2. The van der Waals surface area contributed by atoms with Gasteiger partial charge in [-0.2, -0.15) is 0 Å². The van der Waals surface area contributed by atoms with Crippen molar-refractivity contribution in [1.29, 1.82) is 0 Å². The molecule has 0 bridgehead atoms. The van der Waals surface area contributed by atoms with Gasteiger partial charge in [-0.15, -0.1) is 0 Å². The molecule has 13 heteroatoms. The number of hydrogen-bond acceptors (Lipinski definition) is 11. The molecule has 0 saturated carbocycles. The molecule has 0 amide bonds. The van der Waals surface area contributed by atoms with Crippen LogP contribution in [0.3, 0.4) is 0 Å². The molecule has 2 aromatic carbocycles. The van der Waals surface area contributed by atoms with Crippen LogP contribution in [0, 0.1) is 5.82 Å². The molecule has 2 aliphatic rings. The van der Waals surface area contributed by atoms with E-state index < -0.39 is 77.1 Å². The number of esters is 3. The Bertz CT molecular complexity index is 1610. The van der Waals surface area contributed by atoms with Crippen LogP contribution >= 0.6 is 0 Å². The third-order valence-electron chi connectivity index (χ3n) is 7.39. The Labute approximate surface area is 261 Å². The number of Topliss-reactive ketones (excluding diaryl/α,β-unsaturated/α-hetero) is 1. The van der Waals surface area contributed by atoms with Gasteiger partial charge in [-0.1, -0.05) is 18.2 Å². The molecule has 11 nitrogen and oxygen atoms in total. The number of benzene rings is 2. The Morgan fingerprint density at radius 2 is 1.58 bits per heavy atom. The molecule has 1 heterocycles. The smallest absolute Gasteiger partial charge is 0.303 e. The van der Waals surface area contributed by atoms with E-state index in [1.54, 1.807) is 43.5 Å². The lowest BCUT2D eigenvalue weighted by Crippen LogP contribution is -2.73. The molecule has 2 aromatic rings. The van der Waals surface area contributed by atoms with Gasteiger partial charge in [0, 0.05) is 48.3 Å². The maximum Gasteiger partial charge on any atom is 0.303 e. The fourth-order valence-corrected chi connectivity index (χ4v) is 6.04. The summed E-state index contributed by atoms with van der Waals surface area (Å²) >= 11 is 0. The second-order valence-electron chi connectivity index (χ2n) is 10.6. The first kappa shape index (κ1) is 33.7. The Morgan fingerprint density at radius 1 is 0.956 bits per heavy atom. The fraction of sp³-hybridized carbons (Fsp3) is 0.375. The number of allylic oxidation sites excluding steroid dienone is 2. The first-order chi connectivity index (χ1) is 21.2. The topological polar surface area (TPSA) is 152 Å². The number of hydrogen-bond donors (Lipinski definition) is 1. The van der Waals surface area contributed by atoms with Gasteiger partial charge >= 0.3 is 17.9 Å². The third-order valence-corrected chi connectivity index (χ3v) is 8.32. The molecule has 1 saturated heterocycles. The minimum absolute atomic E-state index is 0.0899. The Hall–Kier alpha value is -4.20. The van der Waals surface area contributed by atoms with E-state index in [2.05, 4.69) is 0 Å². The Morgan fingerprint density at radius 3 is 2.11 bits per heavy atom. The van der Waals surface area contributed by atoms with Crippen molar-refractivity contribution in [3.8, 4) is 0 Å². The summed E-state index contributed by atoms with van der Waals surface area (Å²) in [5.41, 5.74) is 0.292. The van der Waals surface area contributed by atoms with Crippen molar-refractivity contribution in [2.45, 2.75) is 69.7 Å². The highest BCUT2D eigenvalue weighted by atomic mass is 32.2. The standard InChI is InChI=1S/C32H33FO11S/c1-16-25(13-21-7-10-23(11-8-21)45(6)39)24-12-9-22(33)14-26(24)28(16)43-31-30(41-19(4)37)32(17(2)35,44-20(5)38)29(40-18(3)36)27(15-34)42-31/h7-14,27,29-31,34H,15H2,1-6H3/t27-,29-,30+,31?,32+,45?/m1/s1. The van der Waals surface area contributed by atoms with E-state index in [4.69, 9.17) is 23.7 Å². The second-order valence-corrected chi connectivity index (χ2v) is 12.0. The minimum atomic E-state index is -2.49. The number of halogens is 1. The summed E-state index contributed by atoms with van der Waals surface area (Å²) < 4.78 is 55.1. The van der Waals surface area contributed by atoms with Gasteiger partial charge in [-0.25, -0.2) is 4.39 Å². The van der Waals surface area contributed by atoms with Gasteiger partial charge in [0.1, 0.15) is 17.7 Å². The Balaban J connectivity index is 1.88. The van der Waals surface area contributed by atoms with Gasteiger partial charge in [-0.05, 0) is 66.5 Å². The van der Waals surface area contributed by atoms with Crippen LogP contribution in [-0.4, -0.2) is 76.1 Å². The van der Waals surface area contributed by atoms with Crippen molar-refractivity contribution in [1.82, 2.24) is 0 Å². The number of fused-ring (bicyclic) bond motifs is 1. The SMILES string of the molecule is CC(=O)O[C@@H]1[C@@H](CO)OC(OC2=C(C)C(=Cc3ccc(S(C)=O)cc3)c3ccc(F)cc32)[C@H](OC(C)=O)[C@]1(OC(C)=O)C(C)=O. The lowest BCUT2D eigenvalue weighted by atomic mass is 9.80. The molecule has 1 fully saturated rings. The molecule has 0 spiro atoms. The number of aliphatic hydroxyl groups excluding tert-OH is 1. The number of ether oxygens (including phenoxy) is 5. The maximum absolute atomic E-state index is 14.6. The van der Waals surface area contributed by atoms with Crippen LogP contribution in [0.4, 0.5) is 4.39 Å². The van der Waals surface area contributed by atoms with E-state index >= 15 is 0 Å². The van der Waals surface area contributed by atoms with E-state index in [0.717, 1.165) is 33.3 Å². The summed E-state index contributed by atoms with van der Waals surface area (Å²) in [4.78, 5) is 50.9. The first-order valence-electron chi connectivity index (χ1n) is 13.8. The van der Waals surface area contributed by atoms with Crippen LogP contribution in [0.25, 0.3) is 17.4 Å². The van der Waals surface area contributed by atoms with Crippen LogP contribution in [0.5, 0.6) is 0 Å². The van der Waals surface area contributed by atoms with Crippen molar-refractivity contribution in [3.05, 3.63) is 70.5 Å². The summed E-state index contributed by atoms with van der Waals surface area (Å²) in [5.74, 6) is -4.17. The maximum atomic E-state index is 14.6. The summed E-state index contributed by atoms with van der Waals surface area (Å²) in [6.07, 6.45) is -3.38. The molecule has 45 heavy (non-hydrogen) atoms. The average molecular weight is 645 g/mol. The molecule has 240 valence electrons. The zero-order valence-corrected chi connectivity index (χ0v) is 26.3. The van der Waals surface area contributed by atoms with Gasteiger partial charge < -0.3 is 28.8 Å². The third kappa shape index (κ3) is 6.75. The average Bonchev–Trinajstić information content (AvgIpc) is 3.20. The normalized spacial score (nSPS) is 25.7. The van der Waals surface area contributed by atoms with Gasteiger partial charge in [0.2, 0.25) is 12.4 Å². The molecule has 1 N–H and O–H groups in total. The van der Waals surface area contributed by atoms with Gasteiger partial charge in [0.25, 0.3) is 5.60 Å². The monoisotopic (exact) mass is 644 g/mol. The zero-order valence-electron chi connectivity index (χ0n) is 25.5. The Kier molecular flexibility index (Phi) is 10.1. The van der Waals surface area contributed by atoms with Gasteiger partial charge in [0.15, 0.2) is 11.9 Å². The number of carbonyl (C=O) groups is 4. The molecule has 6 atom stereocenters. The number of carbonyl (C=O) groups excluding carboxylic acids is 4. The minimum Gasteiger partial charge on any atom is -0.460 e. The number of ketones is 1.